The minimum absolute atomic E-state index is 0.0670. The standard InChI is InChI=1S/C19H28N4O2/c1-14(2)13-25-19(24)18(12-20)17-10-15(3)23(16(4)11-17)22-8-6-21(5)7-9-22/h10-11,14H,6-9,13H2,1-5H3. The van der Waals surface area contributed by atoms with Crippen molar-refractivity contribution in [1.82, 2.24) is 14.9 Å². The van der Waals surface area contributed by atoms with E-state index in [2.05, 4.69) is 22.0 Å². The van der Waals surface area contributed by atoms with E-state index < -0.39 is 5.97 Å². The van der Waals surface area contributed by atoms with Crippen molar-refractivity contribution >= 4 is 5.97 Å². The van der Waals surface area contributed by atoms with E-state index in [-0.39, 0.29) is 11.5 Å². The van der Waals surface area contributed by atoms with Gasteiger partial charge in [0, 0.05) is 43.1 Å². The number of nitrogens with zero attached hydrogens (tertiary/aromatic N) is 4. The van der Waals surface area contributed by atoms with Crippen molar-refractivity contribution in [3.05, 3.63) is 34.7 Å². The van der Waals surface area contributed by atoms with Crippen LogP contribution in [0, 0.1) is 17.2 Å². The molecule has 6 heteroatoms. The van der Waals surface area contributed by atoms with Crippen LogP contribution in [-0.4, -0.2) is 60.7 Å². The normalized spacial score (nSPS) is 19.4. The summed E-state index contributed by atoms with van der Waals surface area (Å²) in [6.07, 6.45) is 3.78. The Morgan fingerprint density at radius 3 is 2.24 bits per heavy atom. The first-order valence-corrected chi connectivity index (χ1v) is 8.75. The number of rotatable bonds is 4. The summed E-state index contributed by atoms with van der Waals surface area (Å²) in [7, 11) is 2.13. The van der Waals surface area contributed by atoms with Crippen LogP contribution in [0.1, 0.15) is 27.7 Å². The molecule has 2 rings (SSSR count). The van der Waals surface area contributed by atoms with Gasteiger partial charge in [0.25, 0.3) is 0 Å². The van der Waals surface area contributed by atoms with E-state index in [1.807, 2.05) is 45.9 Å². The van der Waals surface area contributed by atoms with Gasteiger partial charge < -0.3 is 9.64 Å². The molecule has 2 aliphatic rings. The summed E-state index contributed by atoms with van der Waals surface area (Å²) in [5.74, 6) is -0.310. The highest BCUT2D eigenvalue weighted by Gasteiger charge is 2.26. The average molecular weight is 344 g/mol. The molecule has 0 saturated carbocycles. The molecule has 6 nitrogen and oxygen atoms in total. The smallest absolute Gasteiger partial charge is 0.349 e. The molecule has 0 atom stereocenters. The van der Waals surface area contributed by atoms with Crippen molar-refractivity contribution < 1.29 is 9.53 Å². The first kappa shape index (κ1) is 19.2. The highest BCUT2D eigenvalue weighted by Crippen LogP contribution is 2.27. The Kier molecular flexibility index (Phi) is 6.40. The summed E-state index contributed by atoms with van der Waals surface area (Å²) in [5.41, 5.74) is 2.70. The van der Waals surface area contributed by atoms with Gasteiger partial charge in [0.2, 0.25) is 0 Å². The highest BCUT2D eigenvalue weighted by atomic mass is 16.5. The van der Waals surface area contributed by atoms with Gasteiger partial charge in [0.15, 0.2) is 0 Å². The fraction of sp³-hybridized carbons (Fsp3) is 0.579. The molecule has 0 spiro atoms. The molecule has 1 saturated heterocycles. The largest absolute Gasteiger partial charge is 0.461 e. The van der Waals surface area contributed by atoms with Crippen LogP contribution in [0.15, 0.2) is 34.7 Å². The van der Waals surface area contributed by atoms with Gasteiger partial charge in [-0.25, -0.2) is 9.80 Å². The summed E-state index contributed by atoms with van der Waals surface area (Å²) < 4.78 is 5.23. The molecule has 0 aromatic heterocycles. The van der Waals surface area contributed by atoms with E-state index in [0.29, 0.717) is 12.2 Å². The van der Waals surface area contributed by atoms with E-state index in [9.17, 15) is 10.1 Å². The van der Waals surface area contributed by atoms with E-state index in [4.69, 9.17) is 4.74 Å². The van der Waals surface area contributed by atoms with Crippen molar-refractivity contribution in [3.8, 4) is 6.07 Å². The van der Waals surface area contributed by atoms with Gasteiger partial charge in [-0.2, -0.15) is 5.26 Å². The molecular weight excluding hydrogens is 316 g/mol. The lowest BCUT2D eigenvalue weighted by molar-refractivity contribution is -0.139. The molecule has 0 N–H and O–H groups in total. The molecule has 2 heterocycles. The van der Waals surface area contributed by atoms with Gasteiger partial charge in [-0.15, -0.1) is 0 Å². The van der Waals surface area contributed by atoms with Crippen LogP contribution in [0.2, 0.25) is 0 Å². The number of carbonyl (C=O) groups excluding carboxylic acids is 1. The Labute approximate surface area is 150 Å². The van der Waals surface area contributed by atoms with Crippen LogP contribution >= 0.6 is 0 Å². The number of hydrogen-bond acceptors (Lipinski definition) is 6. The Bertz CT molecular complexity index is 625. The van der Waals surface area contributed by atoms with Crippen LogP contribution in [0.3, 0.4) is 0 Å². The molecule has 0 aromatic rings. The van der Waals surface area contributed by atoms with Crippen molar-refractivity contribution in [2.45, 2.75) is 27.7 Å². The summed E-state index contributed by atoms with van der Waals surface area (Å²) in [4.78, 5) is 14.5. The molecule has 0 aliphatic carbocycles. The zero-order valence-electron chi connectivity index (χ0n) is 15.9. The number of likely N-dealkylation sites (N-methyl/N-ethyl adjacent to an activating group) is 1. The predicted molar refractivity (Wildman–Crippen MR) is 96.9 cm³/mol. The zero-order valence-corrected chi connectivity index (χ0v) is 15.9. The van der Waals surface area contributed by atoms with Gasteiger partial charge in [0.05, 0.1) is 6.61 Å². The maximum atomic E-state index is 12.2. The minimum atomic E-state index is -0.549. The molecule has 2 aliphatic heterocycles. The first-order valence-electron chi connectivity index (χ1n) is 8.75. The molecule has 0 radical (unpaired) electrons. The zero-order chi connectivity index (χ0) is 18.6. The van der Waals surface area contributed by atoms with E-state index >= 15 is 0 Å². The monoisotopic (exact) mass is 344 g/mol. The summed E-state index contributed by atoms with van der Waals surface area (Å²) in [5, 5.41) is 13.9. The Hall–Kier alpha value is -2.10. The number of nitriles is 1. The lowest BCUT2D eigenvalue weighted by Gasteiger charge is -2.43. The van der Waals surface area contributed by atoms with Crippen molar-refractivity contribution in [3.63, 3.8) is 0 Å². The van der Waals surface area contributed by atoms with Crippen LogP contribution in [0.4, 0.5) is 0 Å². The second kappa shape index (κ2) is 8.32. The maximum Gasteiger partial charge on any atom is 0.349 e. The fourth-order valence-electron chi connectivity index (χ4n) is 3.02. The molecule has 0 unspecified atom stereocenters. The third-order valence-corrected chi connectivity index (χ3v) is 4.31. The van der Waals surface area contributed by atoms with E-state index in [1.54, 1.807) is 0 Å². The van der Waals surface area contributed by atoms with Crippen molar-refractivity contribution in [2.75, 3.05) is 39.8 Å². The number of carbonyl (C=O) groups is 1. The van der Waals surface area contributed by atoms with Gasteiger partial charge >= 0.3 is 5.97 Å². The van der Waals surface area contributed by atoms with Crippen LogP contribution in [0.5, 0.6) is 0 Å². The number of hydrazine groups is 1. The number of piperazine rings is 1. The van der Waals surface area contributed by atoms with E-state index in [0.717, 1.165) is 37.6 Å². The number of allylic oxidation sites excluding steroid dienone is 5. The number of esters is 1. The van der Waals surface area contributed by atoms with Crippen LogP contribution < -0.4 is 0 Å². The van der Waals surface area contributed by atoms with Gasteiger partial charge in [0.1, 0.15) is 11.6 Å². The van der Waals surface area contributed by atoms with E-state index in [1.165, 1.54) is 0 Å². The first-order chi connectivity index (χ1) is 11.8. The highest BCUT2D eigenvalue weighted by molar-refractivity contribution is 5.95. The predicted octanol–water partition coefficient (Wildman–Crippen LogP) is 2.29. The Morgan fingerprint density at radius 2 is 1.76 bits per heavy atom. The fourth-order valence-corrected chi connectivity index (χ4v) is 3.02. The van der Waals surface area contributed by atoms with Crippen molar-refractivity contribution in [2.24, 2.45) is 5.92 Å². The lowest BCUT2D eigenvalue weighted by Crippen LogP contribution is -2.51. The minimum Gasteiger partial charge on any atom is -0.461 e. The molecule has 1 fully saturated rings. The molecular formula is C19H28N4O2. The van der Waals surface area contributed by atoms with Crippen LogP contribution in [0.25, 0.3) is 0 Å². The lowest BCUT2D eigenvalue weighted by atomic mass is 10.0. The average Bonchev–Trinajstić information content (AvgIpc) is 2.55. The third-order valence-electron chi connectivity index (χ3n) is 4.31. The third kappa shape index (κ3) is 4.71. The molecule has 25 heavy (non-hydrogen) atoms. The molecule has 0 amide bonds. The van der Waals surface area contributed by atoms with Gasteiger partial charge in [-0.1, -0.05) is 13.8 Å². The Balaban J connectivity index is 2.22. The second-order valence-electron chi connectivity index (χ2n) is 7.07. The number of ether oxygens (including phenoxy) is 1. The Morgan fingerprint density at radius 1 is 1.20 bits per heavy atom. The van der Waals surface area contributed by atoms with Gasteiger partial charge in [-0.3, -0.25) is 5.01 Å². The van der Waals surface area contributed by atoms with Crippen molar-refractivity contribution in [1.29, 1.82) is 5.26 Å². The molecule has 136 valence electrons. The quantitative estimate of drug-likeness (QED) is 0.443. The van der Waals surface area contributed by atoms with Crippen LogP contribution in [-0.2, 0) is 9.53 Å². The SMILES string of the molecule is CC1=CC(=C(C#N)C(=O)OCC(C)C)C=C(C)N1N1CCN(C)CC1. The molecule has 0 bridgehead atoms. The second-order valence-corrected chi connectivity index (χ2v) is 7.07. The number of hydrogen-bond donors (Lipinski definition) is 0. The topological polar surface area (TPSA) is 59.8 Å². The van der Waals surface area contributed by atoms with Gasteiger partial charge in [-0.05, 0) is 39.0 Å². The summed E-state index contributed by atoms with van der Waals surface area (Å²) in [6, 6.07) is 2.01. The summed E-state index contributed by atoms with van der Waals surface area (Å²) >= 11 is 0. The molecule has 0 aromatic carbocycles. The maximum absolute atomic E-state index is 12.2. The summed E-state index contributed by atoms with van der Waals surface area (Å²) in [6.45, 7) is 12.2.